The fourth-order valence-corrected chi connectivity index (χ4v) is 4.12. The number of sulfonamides is 1. The molecule has 1 amide bonds. The number of anilines is 1. The van der Waals surface area contributed by atoms with Crippen LogP contribution in [0.15, 0.2) is 47.6 Å². The largest absolute Gasteiger partial charge is 0.497 e. The highest BCUT2D eigenvalue weighted by atomic mass is 32.2. The van der Waals surface area contributed by atoms with Crippen LogP contribution in [0.3, 0.4) is 0 Å². The van der Waals surface area contributed by atoms with Gasteiger partial charge in [-0.2, -0.15) is 5.10 Å². The quantitative estimate of drug-likeness (QED) is 0.406. The fourth-order valence-electron chi connectivity index (χ4n) is 2.95. The molecular weight excluding hydrogens is 434 g/mol. The summed E-state index contributed by atoms with van der Waals surface area (Å²) >= 11 is 0. The van der Waals surface area contributed by atoms with E-state index in [0.29, 0.717) is 41.7 Å². The number of carbonyl (C=O) groups is 1. The zero-order valence-corrected chi connectivity index (χ0v) is 19.7. The Kier molecular flexibility index (Phi) is 8.89. The molecule has 0 spiro atoms. The van der Waals surface area contributed by atoms with Crippen LogP contribution in [-0.2, 0) is 14.8 Å². The lowest BCUT2D eigenvalue weighted by Gasteiger charge is -2.27. The first-order valence-electron chi connectivity index (χ1n) is 10.1. The molecule has 0 aliphatic carbocycles. The van der Waals surface area contributed by atoms with Gasteiger partial charge in [0.05, 0.1) is 38.5 Å². The van der Waals surface area contributed by atoms with Crippen molar-refractivity contribution in [1.82, 2.24) is 5.43 Å². The minimum absolute atomic E-state index is 0.341. The number of nitrogens with zero attached hydrogens (tertiary/aromatic N) is 2. The van der Waals surface area contributed by atoms with Gasteiger partial charge in [0.1, 0.15) is 11.8 Å². The minimum Gasteiger partial charge on any atom is -0.497 e. The molecule has 0 heterocycles. The third-order valence-electron chi connectivity index (χ3n) is 4.37. The van der Waals surface area contributed by atoms with Crippen LogP contribution in [0.1, 0.15) is 26.3 Å². The van der Waals surface area contributed by atoms with Crippen molar-refractivity contribution in [2.75, 3.05) is 30.9 Å². The molecule has 1 atom stereocenters. The Morgan fingerprint density at radius 1 is 1.09 bits per heavy atom. The topological polar surface area (TPSA) is 107 Å². The number of amides is 1. The Labute approximate surface area is 189 Å². The average Bonchev–Trinajstić information content (AvgIpc) is 2.75. The highest BCUT2D eigenvalue weighted by Crippen LogP contribution is 2.28. The third-order valence-corrected chi connectivity index (χ3v) is 5.61. The lowest BCUT2D eigenvalue weighted by Crippen LogP contribution is -2.46. The van der Waals surface area contributed by atoms with Gasteiger partial charge in [0.2, 0.25) is 10.0 Å². The second-order valence-electron chi connectivity index (χ2n) is 6.74. The van der Waals surface area contributed by atoms with E-state index in [9.17, 15) is 13.2 Å². The summed E-state index contributed by atoms with van der Waals surface area (Å²) in [7, 11) is -2.22. The molecule has 0 aliphatic rings. The Balaban J connectivity index is 2.15. The summed E-state index contributed by atoms with van der Waals surface area (Å²) in [4.78, 5) is 12.6. The lowest BCUT2D eigenvalue weighted by molar-refractivity contribution is -0.121. The molecule has 0 aromatic heterocycles. The van der Waals surface area contributed by atoms with Crippen LogP contribution in [0.2, 0.25) is 0 Å². The number of nitrogens with one attached hydrogen (secondary N) is 1. The molecule has 1 unspecified atom stereocenters. The second kappa shape index (κ2) is 11.4. The minimum atomic E-state index is -3.73. The van der Waals surface area contributed by atoms with Gasteiger partial charge in [0, 0.05) is 0 Å². The molecule has 2 rings (SSSR count). The summed E-state index contributed by atoms with van der Waals surface area (Å²) in [6, 6.07) is 10.6. The van der Waals surface area contributed by atoms with E-state index >= 15 is 0 Å². The fraction of sp³-hybridized carbons (Fsp3) is 0.364. The molecule has 174 valence electrons. The zero-order chi connectivity index (χ0) is 23.7. The van der Waals surface area contributed by atoms with Crippen molar-refractivity contribution < 1.29 is 27.4 Å². The summed E-state index contributed by atoms with van der Waals surface area (Å²) < 4.78 is 42.0. The van der Waals surface area contributed by atoms with Crippen LogP contribution < -0.4 is 23.9 Å². The van der Waals surface area contributed by atoms with Crippen molar-refractivity contribution in [3.63, 3.8) is 0 Å². The molecule has 9 nitrogen and oxygen atoms in total. The molecule has 10 heteroatoms. The molecule has 1 N–H and O–H groups in total. The first-order chi connectivity index (χ1) is 15.2. The second-order valence-corrected chi connectivity index (χ2v) is 8.60. The van der Waals surface area contributed by atoms with E-state index in [1.54, 1.807) is 42.5 Å². The summed E-state index contributed by atoms with van der Waals surface area (Å²) in [5, 5.41) is 3.96. The van der Waals surface area contributed by atoms with E-state index in [1.807, 2.05) is 13.8 Å². The van der Waals surface area contributed by atoms with Crippen LogP contribution in [-0.4, -0.2) is 53.2 Å². The molecule has 0 fully saturated rings. The maximum atomic E-state index is 12.6. The number of methoxy groups -OCH3 is 1. The summed E-state index contributed by atoms with van der Waals surface area (Å²) in [5.41, 5.74) is 3.42. The van der Waals surface area contributed by atoms with Gasteiger partial charge in [-0.1, -0.05) is 0 Å². The Morgan fingerprint density at radius 3 is 2.28 bits per heavy atom. The van der Waals surface area contributed by atoms with Crippen molar-refractivity contribution in [3.8, 4) is 17.2 Å². The monoisotopic (exact) mass is 463 g/mol. The van der Waals surface area contributed by atoms with Gasteiger partial charge in [-0.05, 0) is 68.8 Å². The van der Waals surface area contributed by atoms with Crippen LogP contribution in [0.25, 0.3) is 0 Å². The van der Waals surface area contributed by atoms with Gasteiger partial charge >= 0.3 is 0 Å². The van der Waals surface area contributed by atoms with E-state index in [-0.39, 0.29) is 0 Å². The highest BCUT2D eigenvalue weighted by Gasteiger charge is 2.29. The normalized spacial score (nSPS) is 12.3. The molecule has 32 heavy (non-hydrogen) atoms. The van der Waals surface area contributed by atoms with Gasteiger partial charge in [-0.25, -0.2) is 13.8 Å². The van der Waals surface area contributed by atoms with Gasteiger partial charge in [-0.15, -0.1) is 0 Å². The first kappa shape index (κ1) is 25.0. The van der Waals surface area contributed by atoms with Crippen LogP contribution in [0, 0.1) is 0 Å². The number of hydrogen-bond donors (Lipinski definition) is 1. The Bertz CT molecular complexity index is 1040. The standard InChI is InChI=1S/C22H29N3O6S/c1-6-30-20-13-8-17(14-21(20)31-7-2)15-23-24-22(26)16(3)25(32(5,27)28)18-9-11-19(29-4)12-10-18/h8-16H,6-7H2,1-5H3,(H,24,26)/b23-15+. The number of ether oxygens (including phenoxy) is 3. The van der Waals surface area contributed by atoms with Crippen molar-refractivity contribution >= 4 is 27.8 Å². The SMILES string of the molecule is CCOc1ccc(/C=N/NC(=O)C(C)N(c2ccc(OC)cc2)S(C)(=O)=O)cc1OCC. The Morgan fingerprint density at radius 2 is 1.72 bits per heavy atom. The van der Waals surface area contributed by atoms with Crippen molar-refractivity contribution in [1.29, 1.82) is 0 Å². The van der Waals surface area contributed by atoms with Crippen LogP contribution in [0.4, 0.5) is 5.69 Å². The lowest BCUT2D eigenvalue weighted by atomic mass is 10.2. The Hall–Kier alpha value is -3.27. The number of rotatable bonds is 11. The summed E-state index contributed by atoms with van der Waals surface area (Å²) in [6.45, 7) is 6.22. The van der Waals surface area contributed by atoms with Crippen molar-refractivity contribution in [3.05, 3.63) is 48.0 Å². The highest BCUT2D eigenvalue weighted by molar-refractivity contribution is 7.92. The molecule has 0 saturated carbocycles. The molecule has 0 bridgehead atoms. The molecule has 0 aliphatic heterocycles. The maximum Gasteiger partial charge on any atom is 0.263 e. The van der Waals surface area contributed by atoms with E-state index in [2.05, 4.69) is 10.5 Å². The average molecular weight is 464 g/mol. The predicted octanol–water partition coefficient (Wildman–Crippen LogP) is 2.80. The van der Waals surface area contributed by atoms with E-state index in [1.165, 1.54) is 20.2 Å². The van der Waals surface area contributed by atoms with Gasteiger partial charge in [0.15, 0.2) is 11.5 Å². The van der Waals surface area contributed by atoms with Gasteiger partial charge < -0.3 is 14.2 Å². The van der Waals surface area contributed by atoms with Gasteiger partial charge in [0.25, 0.3) is 5.91 Å². The molecule has 0 saturated heterocycles. The van der Waals surface area contributed by atoms with E-state index < -0.39 is 22.0 Å². The van der Waals surface area contributed by atoms with Crippen molar-refractivity contribution in [2.24, 2.45) is 5.10 Å². The third kappa shape index (κ3) is 6.61. The van der Waals surface area contributed by atoms with E-state index in [0.717, 1.165) is 10.6 Å². The molecule has 2 aromatic rings. The first-order valence-corrected chi connectivity index (χ1v) is 11.9. The number of carbonyl (C=O) groups excluding carboxylic acids is 1. The van der Waals surface area contributed by atoms with Gasteiger partial charge in [-0.3, -0.25) is 9.10 Å². The number of benzene rings is 2. The zero-order valence-electron chi connectivity index (χ0n) is 18.9. The van der Waals surface area contributed by atoms with E-state index in [4.69, 9.17) is 14.2 Å². The predicted molar refractivity (Wildman–Crippen MR) is 124 cm³/mol. The van der Waals surface area contributed by atoms with Crippen LogP contribution >= 0.6 is 0 Å². The summed E-state index contributed by atoms with van der Waals surface area (Å²) in [6.07, 6.45) is 2.49. The van der Waals surface area contributed by atoms with Crippen molar-refractivity contribution in [2.45, 2.75) is 26.8 Å². The summed E-state index contributed by atoms with van der Waals surface area (Å²) in [5.74, 6) is 1.18. The number of hydrazone groups is 1. The smallest absolute Gasteiger partial charge is 0.263 e. The maximum absolute atomic E-state index is 12.6. The molecular formula is C22H29N3O6S. The molecule has 0 radical (unpaired) electrons. The van der Waals surface area contributed by atoms with Crippen LogP contribution in [0.5, 0.6) is 17.2 Å². The molecule has 2 aromatic carbocycles. The number of hydrogen-bond acceptors (Lipinski definition) is 7.